The Morgan fingerprint density at radius 3 is 2.92 bits per heavy atom. The maximum atomic E-state index is 4.76. The van der Waals surface area contributed by atoms with E-state index in [1.54, 1.807) is 0 Å². The van der Waals surface area contributed by atoms with Gasteiger partial charge in [0.2, 0.25) is 0 Å². The molecule has 1 unspecified atom stereocenters. The third kappa shape index (κ3) is 3.24. The Balaban J connectivity index is 1.50. The average Bonchev–Trinajstić information content (AvgIpc) is 3.18. The van der Waals surface area contributed by atoms with Crippen LogP contribution in [0, 0.1) is 0 Å². The minimum atomic E-state index is 0.296. The fourth-order valence-electron chi connectivity index (χ4n) is 3.17. The van der Waals surface area contributed by atoms with Crippen molar-refractivity contribution < 1.29 is 0 Å². The van der Waals surface area contributed by atoms with E-state index in [1.165, 1.54) is 5.56 Å². The summed E-state index contributed by atoms with van der Waals surface area (Å²) in [4.78, 5) is 11.5. The highest BCUT2D eigenvalue weighted by atomic mass is 15.5. The molecule has 7 nitrogen and oxygen atoms in total. The van der Waals surface area contributed by atoms with Crippen molar-refractivity contribution in [2.75, 3.05) is 18.0 Å². The Labute approximate surface area is 140 Å². The number of aromatic amines is 1. The Bertz CT molecular complexity index is 773. The number of benzene rings is 1. The number of hydrogen-bond acceptors (Lipinski definition) is 6. The predicted molar refractivity (Wildman–Crippen MR) is 89.6 cm³/mol. The maximum Gasteiger partial charge on any atom is 0.179 e. The molecule has 0 spiro atoms. The molecule has 2 aromatic heterocycles. The molecule has 0 saturated carbocycles. The second-order valence-corrected chi connectivity index (χ2v) is 6.05. The molecule has 3 aromatic rings. The summed E-state index contributed by atoms with van der Waals surface area (Å²) in [5.41, 5.74) is 1.22. The van der Waals surface area contributed by atoms with Crippen molar-refractivity contribution in [1.29, 1.82) is 0 Å². The monoisotopic (exact) mass is 321 g/mol. The van der Waals surface area contributed by atoms with Crippen molar-refractivity contribution in [2.24, 2.45) is 0 Å². The van der Waals surface area contributed by atoms with Crippen molar-refractivity contribution in [3.63, 3.8) is 0 Å². The average molecular weight is 321 g/mol. The van der Waals surface area contributed by atoms with Gasteiger partial charge in [0.25, 0.3) is 0 Å². The molecule has 0 aliphatic carbocycles. The van der Waals surface area contributed by atoms with Crippen LogP contribution in [0.25, 0.3) is 0 Å². The van der Waals surface area contributed by atoms with Crippen LogP contribution in [0.5, 0.6) is 0 Å². The van der Waals surface area contributed by atoms with Gasteiger partial charge in [-0.2, -0.15) is 5.21 Å². The number of nitrogens with zero attached hydrogens (tertiary/aromatic N) is 6. The van der Waals surface area contributed by atoms with Crippen LogP contribution in [0.1, 0.15) is 36.0 Å². The maximum absolute atomic E-state index is 4.76. The number of H-pyrrole nitrogens is 1. The van der Waals surface area contributed by atoms with Crippen molar-refractivity contribution in [1.82, 2.24) is 30.6 Å². The number of hydrogen-bond donors (Lipinski definition) is 1. The van der Waals surface area contributed by atoms with Crippen LogP contribution in [-0.2, 0) is 6.42 Å². The summed E-state index contributed by atoms with van der Waals surface area (Å²) in [7, 11) is 0. The molecule has 7 heteroatoms. The second kappa shape index (κ2) is 6.74. The van der Waals surface area contributed by atoms with Crippen LogP contribution in [0.3, 0.4) is 0 Å². The highest BCUT2D eigenvalue weighted by Crippen LogP contribution is 2.26. The van der Waals surface area contributed by atoms with Gasteiger partial charge in [-0.15, -0.1) is 10.2 Å². The van der Waals surface area contributed by atoms with Crippen molar-refractivity contribution in [3.8, 4) is 0 Å². The molecule has 1 atom stereocenters. The van der Waals surface area contributed by atoms with Crippen molar-refractivity contribution >= 4 is 5.82 Å². The van der Waals surface area contributed by atoms with Crippen LogP contribution >= 0.6 is 0 Å². The SMILES string of the molecule is c1ccc(Cc2nccc(N3CCCC(c4nn[nH]n4)C3)n2)cc1. The van der Waals surface area contributed by atoms with E-state index in [4.69, 9.17) is 4.98 Å². The minimum Gasteiger partial charge on any atom is -0.356 e. The van der Waals surface area contributed by atoms with E-state index < -0.39 is 0 Å². The van der Waals surface area contributed by atoms with Gasteiger partial charge in [0.1, 0.15) is 11.6 Å². The standard InChI is InChI=1S/C17H19N7/c1-2-5-13(6-3-1)11-15-18-9-8-16(19-15)24-10-4-7-14(12-24)17-20-22-23-21-17/h1-3,5-6,8-9,14H,4,7,10-12H2,(H,20,21,22,23). The Hall–Kier alpha value is -2.83. The summed E-state index contributed by atoms with van der Waals surface area (Å²) < 4.78 is 0. The first-order valence-electron chi connectivity index (χ1n) is 8.22. The molecular weight excluding hydrogens is 302 g/mol. The van der Waals surface area contributed by atoms with Crippen molar-refractivity contribution in [2.45, 2.75) is 25.2 Å². The van der Waals surface area contributed by atoms with Gasteiger partial charge in [0.05, 0.1) is 0 Å². The Kier molecular flexibility index (Phi) is 4.14. The lowest BCUT2D eigenvalue weighted by atomic mass is 9.97. The zero-order valence-electron chi connectivity index (χ0n) is 13.3. The molecule has 4 rings (SSSR count). The van der Waals surface area contributed by atoms with Crippen LogP contribution in [-0.4, -0.2) is 43.7 Å². The highest BCUT2D eigenvalue weighted by Gasteiger charge is 2.25. The van der Waals surface area contributed by atoms with E-state index in [9.17, 15) is 0 Å². The quantitative estimate of drug-likeness (QED) is 0.791. The topological polar surface area (TPSA) is 83.5 Å². The summed E-state index contributed by atoms with van der Waals surface area (Å²) in [6, 6.07) is 12.3. The van der Waals surface area contributed by atoms with E-state index in [1.807, 2.05) is 30.5 Å². The van der Waals surface area contributed by atoms with E-state index in [0.717, 1.165) is 49.8 Å². The molecule has 0 amide bonds. The van der Waals surface area contributed by atoms with Crippen molar-refractivity contribution in [3.05, 3.63) is 59.8 Å². The summed E-state index contributed by atoms with van der Waals surface area (Å²) in [5.74, 6) is 2.91. The van der Waals surface area contributed by atoms with Gasteiger partial charge >= 0.3 is 0 Å². The number of nitrogens with one attached hydrogen (secondary N) is 1. The molecule has 0 bridgehead atoms. The normalized spacial score (nSPS) is 17.8. The summed E-state index contributed by atoms with van der Waals surface area (Å²) >= 11 is 0. The van der Waals surface area contributed by atoms with E-state index in [2.05, 4.69) is 42.6 Å². The molecule has 3 heterocycles. The first-order valence-corrected chi connectivity index (χ1v) is 8.22. The molecule has 1 aliphatic heterocycles. The van der Waals surface area contributed by atoms with Gasteiger partial charge in [-0.3, -0.25) is 0 Å². The zero-order valence-corrected chi connectivity index (χ0v) is 13.3. The lowest BCUT2D eigenvalue weighted by Crippen LogP contribution is -2.35. The van der Waals surface area contributed by atoms with Crippen LogP contribution in [0.2, 0.25) is 0 Å². The molecule has 1 saturated heterocycles. The first-order chi connectivity index (χ1) is 11.9. The lowest BCUT2D eigenvalue weighted by Gasteiger charge is -2.32. The van der Waals surface area contributed by atoms with Gasteiger partial charge in [0.15, 0.2) is 5.82 Å². The largest absolute Gasteiger partial charge is 0.356 e. The Morgan fingerprint density at radius 2 is 2.08 bits per heavy atom. The Morgan fingerprint density at radius 1 is 1.17 bits per heavy atom. The summed E-state index contributed by atoms with van der Waals surface area (Å²) in [6.45, 7) is 1.86. The lowest BCUT2D eigenvalue weighted by molar-refractivity contribution is 0.488. The van der Waals surface area contributed by atoms with Crippen LogP contribution < -0.4 is 4.90 Å². The molecule has 0 radical (unpaired) electrons. The van der Waals surface area contributed by atoms with Crippen LogP contribution in [0.4, 0.5) is 5.82 Å². The fraction of sp³-hybridized carbons (Fsp3) is 0.353. The third-order valence-electron chi connectivity index (χ3n) is 4.37. The smallest absolute Gasteiger partial charge is 0.179 e. The number of rotatable bonds is 4. The second-order valence-electron chi connectivity index (χ2n) is 6.05. The first kappa shape index (κ1) is 14.7. The fourth-order valence-corrected chi connectivity index (χ4v) is 3.17. The van der Waals surface area contributed by atoms with E-state index >= 15 is 0 Å². The molecule has 1 N–H and O–H groups in total. The predicted octanol–water partition coefficient (Wildman–Crippen LogP) is 1.96. The highest BCUT2D eigenvalue weighted by molar-refractivity contribution is 5.39. The van der Waals surface area contributed by atoms with Gasteiger partial charge in [-0.05, 0) is 24.5 Å². The third-order valence-corrected chi connectivity index (χ3v) is 4.37. The van der Waals surface area contributed by atoms with E-state index in [-0.39, 0.29) is 0 Å². The minimum absolute atomic E-state index is 0.296. The number of piperidine rings is 1. The number of aromatic nitrogens is 6. The molecular formula is C17H19N7. The molecule has 1 fully saturated rings. The van der Waals surface area contributed by atoms with E-state index in [0.29, 0.717) is 5.92 Å². The van der Waals surface area contributed by atoms with Gasteiger partial charge in [0, 0.05) is 31.6 Å². The molecule has 1 aromatic carbocycles. The summed E-state index contributed by atoms with van der Waals surface area (Å²) in [6.07, 6.45) is 4.77. The van der Waals surface area contributed by atoms with Crippen LogP contribution in [0.15, 0.2) is 42.6 Å². The summed E-state index contributed by atoms with van der Waals surface area (Å²) in [5, 5.41) is 14.5. The van der Waals surface area contributed by atoms with Gasteiger partial charge in [-0.25, -0.2) is 9.97 Å². The van der Waals surface area contributed by atoms with Gasteiger partial charge < -0.3 is 4.90 Å². The number of tetrazole rings is 1. The van der Waals surface area contributed by atoms with Gasteiger partial charge in [-0.1, -0.05) is 35.5 Å². The zero-order chi connectivity index (χ0) is 16.2. The number of anilines is 1. The molecule has 24 heavy (non-hydrogen) atoms. The molecule has 122 valence electrons. The molecule has 1 aliphatic rings.